The van der Waals surface area contributed by atoms with Crippen LogP contribution in [-0.2, 0) is 11.3 Å². The van der Waals surface area contributed by atoms with Gasteiger partial charge >= 0.3 is 0 Å². The third-order valence-electron chi connectivity index (χ3n) is 5.26. The van der Waals surface area contributed by atoms with E-state index in [1.54, 1.807) is 7.11 Å². The highest BCUT2D eigenvalue weighted by Gasteiger charge is 2.35. The van der Waals surface area contributed by atoms with Crippen molar-refractivity contribution in [2.75, 3.05) is 7.11 Å². The Morgan fingerprint density at radius 1 is 1.18 bits per heavy atom. The molecule has 1 aliphatic rings. The first-order valence-electron chi connectivity index (χ1n) is 9.36. The lowest BCUT2D eigenvalue weighted by Crippen LogP contribution is -2.31. The molecule has 0 spiro atoms. The van der Waals surface area contributed by atoms with Crippen molar-refractivity contribution in [1.82, 2.24) is 30.8 Å². The molecule has 3 unspecified atom stereocenters. The molecule has 28 heavy (non-hydrogen) atoms. The van der Waals surface area contributed by atoms with E-state index in [2.05, 4.69) is 33.3 Å². The molecule has 146 valence electrons. The quantitative estimate of drug-likeness (QED) is 0.602. The maximum absolute atomic E-state index is 12.6. The lowest BCUT2D eigenvalue weighted by molar-refractivity contribution is -0.122. The minimum Gasteiger partial charge on any atom is -0.497 e. The van der Waals surface area contributed by atoms with Crippen molar-refractivity contribution < 1.29 is 9.53 Å². The molecule has 0 bridgehead atoms. The molecule has 8 heteroatoms. The van der Waals surface area contributed by atoms with Gasteiger partial charge in [0.2, 0.25) is 5.91 Å². The van der Waals surface area contributed by atoms with Gasteiger partial charge in [0, 0.05) is 24.6 Å². The second-order valence-electron chi connectivity index (χ2n) is 7.02. The van der Waals surface area contributed by atoms with Crippen molar-refractivity contribution in [2.24, 2.45) is 5.92 Å². The second-order valence-corrected chi connectivity index (χ2v) is 7.02. The monoisotopic (exact) mass is 380 g/mol. The van der Waals surface area contributed by atoms with Gasteiger partial charge in [0.25, 0.3) is 0 Å². The predicted octanol–water partition coefficient (Wildman–Crippen LogP) is 1.60. The number of nitrogens with one attached hydrogen (secondary N) is 3. The number of pyridine rings is 1. The number of carbonyl (C=O) groups is 1. The Labute approximate surface area is 163 Å². The van der Waals surface area contributed by atoms with E-state index in [1.807, 2.05) is 53.1 Å². The van der Waals surface area contributed by atoms with Gasteiger partial charge in [-0.25, -0.2) is 5.43 Å². The van der Waals surface area contributed by atoms with Crippen LogP contribution in [0.3, 0.4) is 0 Å². The molecule has 3 atom stereocenters. The summed E-state index contributed by atoms with van der Waals surface area (Å²) >= 11 is 0. The SMILES string of the molecule is COc1ccc(C2NNC(C)C2CC(=O)NCc2nnc3ccccn23)cc1. The Morgan fingerprint density at radius 2 is 2.00 bits per heavy atom. The molecular formula is C20H24N6O2. The number of ether oxygens (including phenoxy) is 1. The molecule has 0 radical (unpaired) electrons. The van der Waals surface area contributed by atoms with Crippen LogP contribution in [0.25, 0.3) is 5.65 Å². The van der Waals surface area contributed by atoms with Crippen molar-refractivity contribution >= 4 is 11.6 Å². The van der Waals surface area contributed by atoms with Gasteiger partial charge in [-0.3, -0.25) is 14.6 Å². The smallest absolute Gasteiger partial charge is 0.220 e. The topological polar surface area (TPSA) is 92.6 Å². The number of methoxy groups -OCH3 is 1. The number of nitrogens with zero attached hydrogens (tertiary/aromatic N) is 3. The van der Waals surface area contributed by atoms with Crippen molar-refractivity contribution in [3.63, 3.8) is 0 Å². The maximum Gasteiger partial charge on any atom is 0.220 e. The molecule has 3 heterocycles. The molecule has 3 aromatic rings. The fourth-order valence-electron chi connectivity index (χ4n) is 3.64. The molecule has 2 aromatic heterocycles. The van der Waals surface area contributed by atoms with Gasteiger partial charge in [0.1, 0.15) is 5.75 Å². The molecule has 0 saturated carbocycles. The molecule has 3 N–H and O–H groups in total. The Balaban J connectivity index is 1.40. The molecule has 1 aliphatic heterocycles. The van der Waals surface area contributed by atoms with Crippen molar-refractivity contribution in [1.29, 1.82) is 0 Å². The summed E-state index contributed by atoms with van der Waals surface area (Å²) in [5, 5.41) is 11.2. The van der Waals surface area contributed by atoms with Crippen LogP contribution in [0, 0.1) is 5.92 Å². The minimum atomic E-state index is -0.00598. The van der Waals surface area contributed by atoms with E-state index in [4.69, 9.17) is 4.74 Å². The number of rotatable bonds is 6. The Bertz CT molecular complexity index is 955. The van der Waals surface area contributed by atoms with E-state index >= 15 is 0 Å². The average Bonchev–Trinajstić information content (AvgIpc) is 3.30. The zero-order chi connectivity index (χ0) is 19.5. The summed E-state index contributed by atoms with van der Waals surface area (Å²) in [4.78, 5) is 12.6. The van der Waals surface area contributed by atoms with Gasteiger partial charge < -0.3 is 10.1 Å². The summed E-state index contributed by atoms with van der Waals surface area (Å²) in [6, 6.07) is 13.9. The summed E-state index contributed by atoms with van der Waals surface area (Å²) in [6.07, 6.45) is 2.30. The van der Waals surface area contributed by atoms with Gasteiger partial charge in [0.15, 0.2) is 11.5 Å². The van der Waals surface area contributed by atoms with E-state index < -0.39 is 0 Å². The average molecular weight is 380 g/mol. The van der Waals surface area contributed by atoms with E-state index in [1.165, 1.54) is 0 Å². The van der Waals surface area contributed by atoms with Crippen molar-refractivity contribution in [2.45, 2.75) is 32.0 Å². The lowest BCUT2D eigenvalue weighted by atomic mass is 9.87. The van der Waals surface area contributed by atoms with Crippen LogP contribution in [0.4, 0.5) is 0 Å². The Kier molecular flexibility index (Phi) is 5.23. The van der Waals surface area contributed by atoms with E-state index in [0.717, 1.165) is 17.0 Å². The highest BCUT2D eigenvalue weighted by molar-refractivity contribution is 5.76. The number of hydrazine groups is 1. The lowest BCUT2D eigenvalue weighted by Gasteiger charge is -2.21. The number of amides is 1. The van der Waals surface area contributed by atoms with Crippen LogP contribution in [0.5, 0.6) is 5.75 Å². The molecule has 1 fully saturated rings. The van der Waals surface area contributed by atoms with Crippen LogP contribution in [0.15, 0.2) is 48.7 Å². The minimum absolute atomic E-state index is 0.00598. The van der Waals surface area contributed by atoms with Crippen molar-refractivity contribution in [3.05, 3.63) is 60.0 Å². The third-order valence-corrected chi connectivity index (χ3v) is 5.26. The van der Waals surface area contributed by atoms with E-state index in [9.17, 15) is 4.79 Å². The first-order chi connectivity index (χ1) is 13.7. The number of carbonyl (C=O) groups excluding carboxylic acids is 1. The van der Waals surface area contributed by atoms with Crippen LogP contribution < -0.4 is 20.9 Å². The fourth-order valence-corrected chi connectivity index (χ4v) is 3.64. The Morgan fingerprint density at radius 3 is 2.79 bits per heavy atom. The zero-order valence-corrected chi connectivity index (χ0v) is 15.9. The molecule has 1 aromatic carbocycles. The second kappa shape index (κ2) is 7.95. The van der Waals surface area contributed by atoms with Gasteiger partial charge in [-0.1, -0.05) is 18.2 Å². The largest absolute Gasteiger partial charge is 0.497 e. The normalized spacial score (nSPS) is 21.7. The standard InChI is InChI=1S/C20H24N6O2/c1-13-16(20(25-22-13)14-6-8-15(28-2)9-7-14)11-19(27)21-12-18-24-23-17-5-3-4-10-26(17)18/h3-10,13,16,20,22,25H,11-12H2,1-2H3,(H,21,27). The van der Waals surface area contributed by atoms with Crippen LogP contribution in [0.2, 0.25) is 0 Å². The maximum atomic E-state index is 12.6. The molecule has 1 amide bonds. The molecule has 8 nitrogen and oxygen atoms in total. The summed E-state index contributed by atoms with van der Waals surface area (Å²) in [7, 11) is 1.65. The summed E-state index contributed by atoms with van der Waals surface area (Å²) in [5.74, 6) is 1.65. The van der Waals surface area contributed by atoms with Gasteiger partial charge in [0.05, 0.1) is 19.7 Å². The fraction of sp³-hybridized carbons (Fsp3) is 0.350. The Hall–Kier alpha value is -2.97. The van der Waals surface area contributed by atoms with E-state index in [-0.39, 0.29) is 23.9 Å². The van der Waals surface area contributed by atoms with Crippen molar-refractivity contribution in [3.8, 4) is 5.75 Å². The molecular weight excluding hydrogens is 356 g/mol. The van der Waals surface area contributed by atoms with Gasteiger partial charge in [-0.05, 0) is 36.8 Å². The van der Waals surface area contributed by atoms with Crippen LogP contribution in [-0.4, -0.2) is 33.7 Å². The van der Waals surface area contributed by atoms with E-state index in [0.29, 0.717) is 18.8 Å². The number of fused-ring (bicyclic) bond motifs is 1. The summed E-state index contributed by atoms with van der Waals surface area (Å²) in [6.45, 7) is 2.43. The first kappa shape index (κ1) is 18.4. The highest BCUT2D eigenvalue weighted by atomic mass is 16.5. The molecule has 0 aliphatic carbocycles. The van der Waals surface area contributed by atoms with Gasteiger partial charge in [-0.15, -0.1) is 10.2 Å². The number of hydrogen-bond donors (Lipinski definition) is 3. The zero-order valence-electron chi connectivity index (χ0n) is 15.9. The van der Waals surface area contributed by atoms with Crippen LogP contribution in [0.1, 0.15) is 30.8 Å². The van der Waals surface area contributed by atoms with Gasteiger partial charge in [-0.2, -0.15) is 0 Å². The number of aromatic nitrogens is 3. The number of hydrogen-bond acceptors (Lipinski definition) is 6. The molecule has 4 rings (SSSR count). The first-order valence-corrected chi connectivity index (χ1v) is 9.36. The third kappa shape index (κ3) is 3.69. The summed E-state index contributed by atoms with van der Waals surface area (Å²) < 4.78 is 7.11. The molecule has 1 saturated heterocycles. The number of benzene rings is 1. The predicted molar refractivity (Wildman–Crippen MR) is 104 cm³/mol. The summed E-state index contributed by atoms with van der Waals surface area (Å²) in [5.41, 5.74) is 8.46. The van der Waals surface area contributed by atoms with Crippen LogP contribution >= 0.6 is 0 Å². The highest BCUT2D eigenvalue weighted by Crippen LogP contribution is 2.32.